The average molecular weight is 1740 g/mol. The fourth-order valence-electron chi connectivity index (χ4n) is 11.1. The number of aliphatic hydroxyl groups is 4. The lowest BCUT2D eigenvalue weighted by molar-refractivity contribution is -0.142. The summed E-state index contributed by atoms with van der Waals surface area (Å²) in [5, 5.41) is 134. The molecule has 16 atom stereocenters. The van der Waals surface area contributed by atoms with Gasteiger partial charge in [0.1, 0.15) is 84.6 Å². The molecule has 0 bridgehead atoms. The number of carbonyl (C=O) groups excluding carboxylic acids is 15. The number of nitrogens with one attached hydrogen (secondary N) is 23. The van der Waals surface area contributed by atoms with E-state index in [1.165, 1.54) is 19.4 Å². The molecular weight excluding hydrogens is 1620 g/mol. The van der Waals surface area contributed by atoms with Crippen LogP contribution in [0.5, 0.6) is 0 Å². The van der Waals surface area contributed by atoms with Gasteiger partial charge < -0.3 is 166 Å². The predicted octanol–water partition coefficient (Wildman–Crippen LogP) is -14.0. The number of carbonyl (C=O) groups is 17. The van der Waals surface area contributed by atoms with Gasteiger partial charge in [0.2, 0.25) is 88.6 Å². The third kappa shape index (κ3) is 42.7. The van der Waals surface area contributed by atoms with E-state index in [9.17, 15) is 112 Å². The molecule has 0 fully saturated rings. The second-order valence-electron chi connectivity index (χ2n) is 29.1. The highest BCUT2D eigenvalue weighted by Gasteiger charge is 2.40. The molecule has 0 aliphatic carbocycles. The number of carboxylic acids is 2. The fourth-order valence-corrected chi connectivity index (χ4v) is 11.1. The number of aliphatic carboxylic acids is 2. The molecule has 1 heterocycles. The summed E-state index contributed by atoms with van der Waals surface area (Å²) >= 11 is 0. The van der Waals surface area contributed by atoms with Crippen LogP contribution < -0.4 is 130 Å². The van der Waals surface area contributed by atoms with E-state index in [-0.39, 0.29) is 114 Å². The number of hydrogen-bond acceptors (Lipinski definition) is 27. The number of aromatic amines is 1. The summed E-state index contributed by atoms with van der Waals surface area (Å²) in [7, 11) is 0. The first-order valence-electron chi connectivity index (χ1n) is 38.7. The molecule has 1 aromatic rings. The van der Waals surface area contributed by atoms with Crippen LogP contribution >= 0.6 is 0 Å². The lowest BCUT2D eigenvalue weighted by Crippen LogP contribution is -2.63. The second kappa shape index (κ2) is 55.8. The van der Waals surface area contributed by atoms with E-state index in [1.54, 1.807) is 27.7 Å². The van der Waals surface area contributed by atoms with Gasteiger partial charge in [-0.25, -0.2) is 9.78 Å². The minimum Gasteiger partial charge on any atom is -0.481 e. The molecule has 0 saturated heterocycles. The number of guanidine groups is 4. The van der Waals surface area contributed by atoms with Crippen molar-refractivity contribution in [3.8, 4) is 0 Å². The lowest BCUT2D eigenvalue weighted by Gasteiger charge is -2.28. The predicted molar refractivity (Wildman–Crippen MR) is 431 cm³/mol. The van der Waals surface area contributed by atoms with Crippen LogP contribution in [-0.2, 0) is 87.9 Å². The number of nitrogens with zero attached hydrogens (tertiary/aromatic N) is 1. The summed E-state index contributed by atoms with van der Waals surface area (Å²) in [6, 6.07) is -25.9. The Bertz CT molecular complexity index is 3740. The van der Waals surface area contributed by atoms with Crippen LogP contribution in [0.2, 0.25) is 0 Å². The SMILES string of the molecule is CC(C)CC(NC(=O)C(C)N)C(=O)NC(CC(N)=O)C(=O)NC(CCCNC(=N)N)C(=O)NC(C(=O)NC(CO)C(=O)NC(CO)C(=O)NC(CC(=O)O)C(=O)NC(CO)C(=O)NC(C)C(=O)NC(CC(C)C)C(=O)NC(Cc1c[nH]cn1)C(=O)NC(CCCNC(=N)N)C(=O)NC(CCCNC(=N)N)C(=O)NC(CCCNC(=N)N)C(=O)O)C(C)O. The van der Waals surface area contributed by atoms with E-state index in [0.717, 1.165) is 13.8 Å². The molecule has 0 aliphatic rings. The van der Waals surface area contributed by atoms with Gasteiger partial charge in [-0.2, -0.15) is 0 Å². The molecule has 1 aromatic heterocycles. The maximum absolute atomic E-state index is 14.6. The Labute approximate surface area is 700 Å². The number of nitrogens with two attached hydrogens (primary N) is 6. The van der Waals surface area contributed by atoms with Crippen LogP contribution in [0, 0.1) is 33.5 Å². The van der Waals surface area contributed by atoms with Gasteiger partial charge >= 0.3 is 11.9 Å². The van der Waals surface area contributed by atoms with Gasteiger partial charge in [0.25, 0.3) is 0 Å². The Morgan fingerprint density at radius 3 is 1.01 bits per heavy atom. The molecule has 0 aliphatic heterocycles. The Balaban J connectivity index is 3.50. The normalized spacial score (nSPS) is 14.9. The van der Waals surface area contributed by atoms with E-state index in [0.29, 0.717) is 0 Å². The number of imidazole rings is 1. The van der Waals surface area contributed by atoms with Crippen molar-refractivity contribution in [2.45, 2.75) is 229 Å². The summed E-state index contributed by atoms with van der Waals surface area (Å²) in [4.78, 5) is 237. The Hall–Kier alpha value is -12.9. The van der Waals surface area contributed by atoms with Crippen molar-refractivity contribution in [1.82, 2.24) is 106 Å². The molecule has 122 heavy (non-hydrogen) atoms. The van der Waals surface area contributed by atoms with Crippen molar-refractivity contribution < 1.29 is 112 Å². The third-order valence-electron chi connectivity index (χ3n) is 17.5. The van der Waals surface area contributed by atoms with Crippen molar-refractivity contribution in [3.63, 3.8) is 0 Å². The van der Waals surface area contributed by atoms with Gasteiger partial charge in [-0.05, 0) is 96.8 Å². The van der Waals surface area contributed by atoms with Crippen molar-refractivity contribution in [2.75, 3.05) is 46.0 Å². The summed E-state index contributed by atoms with van der Waals surface area (Å²) in [6.07, 6.45) is -2.65. The maximum Gasteiger partial charge on any atom is 0.326 e. The van der Waals surface area contributed by atoms with Crippen molar-refractivity contribution in [3.05, 3.63) is 18.2 Å². The van der Waals surface area contributed by atoms with Crippen molar-refractivity contribution in [1.29, 1.82) is 21.6 Å². The van der Waals surface area contributed by atoms with E-state index in [2.05, 4.69) is 84.4 Å². The molecule has 53 nitrogen and oxygen atoms in total. The van der Waals surface area contributed by atoms with E-state index in [1.807, 2.05) is 21.3 Å². The fraction of sp³-hybridized carbons (Fsp3) is 0.652. The zero-order valence-electron chi connectivity index (χ0n) is 68.7. The number of aromatic nitrogens is 2. The number of aliphatic hydroxyl groups excluding tert-OH is 4. The van der Waals surface area contributed by atoms with Gasteiger partial charge in [0.15, 0.2) is 23.8 Å². The monoisotopic (exact) mass is 1740 g/mol. The van der Waals surface area contributed by atoms with Gasteiger partial charge in [0.05, 0.1) is 56.8 Å². The maximum atomic E-state index is 14.6. The number of hydrogen-bond donors (Lipinski definition) is 35. The number of rotatable bonds is 59. The van der Waals surface area contributed by atoms with Crippen molar-refractivity contribution in [2.24, 2.45) is 46.2 Å². The highest BCUT2D eigenvalue weighted by atomic mass is 16.4. The molecule has 53 heteroatoms. The van der Waals surface area contributed by atoms with E-state index >= 15 is 0 Å². The minimum atomic E-state index is -2.22. The quantitative estimate of drug-likeness (QED) is 0.0164. The lowest BCUT2D eigenvalue weighted by atomic mass is 10.0. The Morgan fingerprint density at radius 1 is 0.377 bits per heavy atom. The first-order chi connectivity index (χ1) is 57.1. The average Bonchev–Trinajstić information content (AvgIpc) is 1.51. The smallest absolute Gasteiger partial charge is 0.326 e. The Kier molecular flexibility index (Phi) is 48.9. The molecule has 686 valence electrons. The summed E-state index contributed by atoms with van der Waals surface area (Å²) < 4.78 is 0. The number of H-pyrrole nitrogens is 1. The van der Waals surface area contributed by atoms with Crippen LogP contribution in [0.25, 0.3) is 0 Å². The molecule has 15 amide bonds. The highest BCUT2D eigenvalue weighted by molar-refractivity contribution is 6.01. The van der Waals surface area contributed by atoms with Crippen LogP contribution in [0.15, 0.2) is 12.5 Å². The zero-order chi connectivity index (χ0) is 92.8. The van der Waals surface area contributed by atoms with Gasteiger partial charge in [0, 0.05) is 38.8 Å². The molecular formula is C69H122N30O23. The van der Waals surface area contributed by atoms with E-state index in [4.69, 9.17) is 56.0 Å². The molecule has 1 rings (SSSR count). The summed E-state index contributed by atoms with van der Waals surface area (Å²) in [5.41, 5.74) is 32.9. The number of amides is 15. The second-order valence-corrected chi connectivity index (χ2v) is 29.1. The minimum absolute atomic E-state index is 0.0184. The molecule has 0 spiro atoms. The van der Waals surface area contributed by atoms with Gasteiger partial charge in [-0.15, -0.1) is 0 Å². The van der Waals surface area contributed by atoms with Crippen molar-refractivity contribution >= 4 is 124 Å². The first kappa shape index (κ1) is 107. The number of carboxylic acid groups (broad SMARTS) is 2. The molecule has 0 radical (unpaired) electrons. The standard InChI is InChI=1S/C69H122N30O23/c1-30(2)20-40(91-51(107)32(5)70)56(112)94-43(23-48(71)104)59(115)89-38(14-10-18-83-68(76)77)55(111)99-50(34(7)103)64(120)98-47(28-102)63(119)97-46(27-101)62(118)95-44(24-49(105)106)60(116)96-45(26-100)61(117)86-33(6)52(108)92-41(21-31(3)4)57(113)93-42(22-35-25-80-29-85-35)58(114)88-36(12-8-16-81-66(72)73)53(109)87-37(13-9-17-82-67(74)75)54(110)90-39(65(121)122)15-11-19-84-69(78)79/h25,29-34,36-47,50,100-103H,8-24,26-28,70H2,1-7H3,(H2,71,104)(H,80,85)(H,86,117)(H,87,109)(H,88,114)(H,89,115)(H,90,110)(H,91,107)(H,92,108)(H,93,113)(H,94,112)(H,95,118)(H,96,116)(H,97,119)(H,98,120)(H,99,111)(H,105,106)(H,121,122)(H4,72,73,81)(H4,74,75,82)(H4,76,77,83)(H4,78,79,84). The topological polar surface area (TPSA) is 908 Å². The third-order valence-corrected chi connectivity index (χ3v) is 17.5. The first-order valence-corrected chi connectivity index (χ1v) is 38.7. The summed E-state index contributed by atoms with van der Waals surface area (Å²) in [6.45, 7) is 6.21. The van der Waals surface area contributed by atoms with Crippen LogP contribution in [0.3, 0.4) is 0 Å². The molecule has 0 saturated carbocycles. The Morgan fingerprint density at radius 2 is 0.672 bits per heavy atom. The summed E-state index contributed by atoms with van der Waals surface area (Å²) in [5.74, 6) is -23.2. The highest BCUT2D eigenvalue weighted by Crippen LogP contribution is 2.13. The van der Waals surface area contributed by atoms with Crippen LogP contribution in [-0.4, -0.2) is 308 Å². The number of primary amides is 1. The van der Waals surface area contributed by atoms with Gasteiger partial charge in [-0.3, -0.25) is 98.3 Å². The van der Waals surface area contributed by atoms with Crippen LogP contribution in [0.1, 0.15) is 131 Å². The largest absolute Gasteiger partial charge is 0.481 e. The van der Waals surface area contributed by atoms with E-state index < -0.39 is 254 Å². The molecule has 16 unspecified atom stereocenters. The molecule has 0 aromatic carbocycles. The van der Waals surface area contributed by atoms with Gasteiger partial charge in [-0.1, -0.05) is 27.7 Å². The van der Waals surface area contributed by atoms with Crippen LogP contribution in [0.4, 0.5) is 0 Å². The zero-order valence-corrected chi connectivity index (χ0v) is 68.7. The molecule has 41 N–H and O–H groups in total.